The van der Waals surface area contributed by atoms with Crippen LogP contribution < -0.4 is 5.73 Å². The molecule has 2 rings (SSSR count). The highest BCUT2D eigenvalue weighted by Crippen LogP contribution is 2.30. The second-order valence-electron chi connectivity index (χ2n) is 5.62. The molecule has 2 aliphatic rings. The normalized spacial score (nSPS) is 24.1. The third kappa shape index (κ3) is 3.37. The van der Waals surface area contributed by atoms with E-state index in [9.17, 15) is 4.79 Å². The SMILES string of the molecule is CC(C(N)=NO)N1CCN(C(=O)CC2CCC2)CC1. The average Bonchev–Trinajstić information content (AvgIpc) is 2.41. The molecule has 1 aliphatic carbocycles. The number of nitrogens with two attached hydrogens (primary N) is 1. The van der Waals surface area contributed by atoms with Crippen molar-refractivity contribution < 1.29 is 10.0 Å². The Bertz CT molecular complexity index is 347. The number of carbonyl (C=O) groups excluding carboxylic acids is 1. The van der Waals surface area contributed by atoms with Gasteiger partial charge in [0.1, 0.15) is 0 Å². The molecule has 1 saturated heterocycles. The summed E-state index contributed by atoms with van der Waals surface area (Å²) in [6.45, 7) is 4.98. The van der Waals surface area contributed by atoms with Gasteiger partial charge in [-0.25, -0.2) is 0 Å². The van der Waals surface area contributed by atoms with Gasteiger partial charge in [-0.3, -0.25) is 9.69 Å². The summed E-state index contributed by atoms with van der Waals surface area (Å²) in [6, 6.07) is -0.0751. The van der Waals surface area contributed by atoms with Crippen molar-refractivity contribution in [2.45, 2.75) is 38.6 Å². The van der Waals surface area contributed by atoms with E-state index in [1.54, 1.807) is 0 Å². The molecule has 1 amide bonds. The fourth-order valence-electron chi connectivity index (χ4n) is 2.70. The first-order chi connectivity index (χ1) is 9.11. The van der Waals surface area contributed by atoms with Gasteiger partial charge in [0.15, 0.2) is 5.84 Å². The Morgan fingerprint density at radius 2 is 2.00 bits per heavy atom. The molecule has 0 bridgehead atoms. The van der Waals surface area contributed by atoms with Crippen molar-refractivity contribution in [2.24, 2.45) is 16.8 Å². The predicted molar refractivity (Wildman–Crippen MR) is 73.0 cm³/mol. The maximum atomic E-state index is 12.1. The molecule has 1 heterocycles. The summed E-state index contributed by atoms with van der Waals surface area (Å²) >= 11 is 0. The Morgan fingerprint density at radius 1 is 1.37 bits per heavy atom. The molecular weight excluding hydrogens is 244 g/mol. The van der Waals surface area contributed by atoms with Crippen molar-refractivity contribution in [2.75, 3.05) is 26.2 Å². The maximum Gasteiger partial charge on any atom is 0.222 e. The van der Waals surface area contributed by atoms with Gasteiger partial charge in [0.25, 0.3) is 0 Å². The molecule has 0 aromatic heterocycles. The summed E-state index contributed by atoms with van der Waals surface area (Å²) in [7, 11) is 0. The van der Waals surface area contributed by atoms with Gasteiger partial charge in [0.2, 0.25) is 5.91 Å². The van der Waals surface area contributed by atoms with E-state index in [0.717, 1.165) is 32.6 Å². The van der Waals surface area contributed by atoms with E-state index in [4.69, 9.17) is 10.9 Å². The third-order valence-electron chi connectivity index (χ3n) is 4.45. The van der Waals surface area contributed by atoms with Crippen LogP contribution in [-0.2, 0) is 4.79 Å². The Balaban J connectivity index is 1.76. The number of amides is 1. The van der Waals surface area contributed by atoms with Crippen LogP contribution in [0.3, 0.4) is 0 Å². The fourth-order valence-corrected chi connectivity index (χ4v) is 2.70. The molecule has 19 heavy (non-hydrogen) atoms. The van der Waals surface area contributed by atoms with Crippen LogP contribution in [0.15, 0.2) is 5.16 Å². The van der Waals surface area contributed by atoms with Crippen molar-refractivity contribution in [1.29, 1.82) is 0 Å². The summed E-state index contributed by atoms with van der Waals surface area (Å²) < 4.78 is 0. The fraction of sp³-hybridized carbons (Fsp3) is 0.846. The van der Waals surface area contributed by atoms with E-state index in [-0.39, 0.29) is 11.9 Å². The Hall–Kier alpha value is -1.30. The molecule has 6 heteroatoms. The van der Waals surface area contributed by atoms with Crippen molar-refractivity contribution in [3.63, 3.8) is 0 Å². The molecular formula is C13H24N4O2. The highest BCUT2D eigenvalue weighted by molar-refractivity contribution is 5.84. The minimum Gasteiger partial charge on any atom is -0.409 e. The summed E-state index contributed by atoms with van der Waals surface area (Å²) in [5.74, 6) is 1.15. The molecule has 1 atom stereocenters. The van der Waals surface area contributed by atoms with Crippen molar-refractivity contribution in [3.8, 4) is 0 Å². The van der Waals surface area contributed by atoms with Gasteiger partial charge in [-0.1, -0.05) is 11.6 Å². The topological polar surface area (TPSA) is 82.2 Å². The van der Waals surface area contributed by atoms with Crippen molar-refractivity contribution in [3.05, 3.63) is 0 Å². The zero-order valence-corrected chi connectivity index (χ0v) is 11.6. The number of carbonyl (C=O) groups is 1. The molecule has 0 aromatic rings. The number of piperazine rings is 1. The summed E-state index contributed by atoms with van der Waals surface area (Å²) in [4.78, 5) is 16.2. The van der Waals surface area contributed by atoms with Gasteiger partial charge < -0.3 is 15.8 Å². The van der Waals surface area contributed by atoms with E-state index in [2.05, 4.69) is 10.1 Å². The Kier molecular flexibility index (Phi) is 4.63. The van der Waals surface area contributed by atoms with Crippen LogP contribution in [0, 0.1) is 5.92 Å². The first-order valence-corrected chi connectivity index (χ1v) is 7.11. The number of hydrogen-bond acceptors (Lipinski definition) is 4. The van der Waals surface area contributed by atoms with Crippen molar-refractivity contribution in [1.82, 2.24) is 9.80 Å². The molecule has 1 aliphatic heterocycles. The standard InChI is InChI=1S/C13H24N4O2/c1-10(13(14)15-19)16-5-7-17(8-6-16)12(18)9-11-3-2-4-11/h10-11,19H,2-9H2,1H3,(H2,14,15). The second-order valence-corrected chi connectivity index (χ2v) is 5.62. The maximum absolute atomic E-state index is 12.1. The van der Waals surface area contributed by atoms with Crippen LogP contribution in [0.25, 0.3) is 0 Å². The number of hydrogen-bond donors (Lipinski definition) is 2. The predicted octanol–water partition coefficient (Wildman–Crippen LogP) is 0.456. The van der Waals surface area contributed by atoms with Crippen LogP contribution >= 0.6 is 0 Å². The monoisotopic (exact) mass is 268 g/mol. The second kappa shape index (κ2) is 6.23. The van der Waals surface area contributed by atoms with Crippen LogP contribution in [0.1, 0.15) is 32.6 Å². The first-order valence-electron chi connectivity index (χ1n) is 7.11. The first kappa shape index (κ1) is 14.1. The molecule has 6 nitrogen and oxygen atoms in total. The van der Waals surface area contributed by atoms with Crippen molar-refractivity contribution >= 4 is 11.7 Å². The van der Waals surface area contributed by atoms with Crippen LogP contribution in [0.5, 0.6) is 0 Å². The largest absolute Gasteiger partial charge is 0.409 e. The number of oxime groups is 1. The molecule has 3 N–H and O–H groups in total. The average molecular weight is 268 g/mol. The lowest BCUT2D eigenvalue weighted by atomic mass is 9.82. The van der Waals surface area contributed by atoms with E-state index in [1.807, 2.05) is 11.8 Å². The quantitative estimate of drug-likeness (QED) is 0.336. The minimum absolute atomic E-state index is 0.0751. The van der Waals surface area contributed by atoms with Crippen LogP contribution in [-0.4, -0.2) is 59.0 Å². The Morgan fingerprint density at radius 3 is 2.47 bits per heavy atom. The minimum atomic E-state index is -0.0751. The molecule has 0 aromatic carbocycles. The number of nitrogens with zero attached hydrogens (tertiary/aromatic N) is 3. The lowest BCUT2D eigenvalue weighted by Gasteiger charge is -2.38. The third-order valence-corrected chi connectivity index (χ3v) is 4.45. The van der Waals surface area contributed by atoms with Gasteiger partial charge >= 0.3 is 0 Å². The summed E-state index contributed by atoms with van der Waals surface area (Å²) in [5.41, 5.74) is 5.61. The van der Waals surface area contributed by atoms with Gasteiger partial charge in [0.05, 0.1) is 6.04 Å². The van der Waals surface area contributed by atoms with Gasteiger partial charge in [-0.05, 0) is 25.7 Å². The smallest absolute Gasteiger partial charge is 0.222 e. The number of amidine groups is 1. The van der Waals surface area contributed by atoms with E-state index >= 15 is 0 Å². The summed E-state index contributed by atoms with van der Waals surface area (Å²) in [5, 5.41) is 11.7. The van der Waals surface area contributed by atoms with Crippen LogP contribution in [0.2, 0.25) is 0 Å². The summed E-state index contributed by atoms with van der Waals surface area (Å²) in [6.07, 6.45) is 4.43. The van der Waals surface area contributed by atoms with Gasteiger partial charge in [-0.15, -0.1) is 0 Å². The highest BCUT2D eigenvalue weighted by atomic mass is 16.4. The molecule has 0 radical (unpaired) electrons. The lowest BCUT2D eigenvalue weighted by molar-refractivity contribution is -0.134. The van der Waals surface area contributed by atoms with E-state index in [1.165, 1.54) is 19.3 Å². The Labute approximate surface area is 114 Å². The molecule has 0 spiro atoms. The zero-order chi connectivity index (χ0) is 13.8. The molecule has 2 fully saturated rings. The van der Waals surface area contributed by atoms with E-state index < -0.39 is 0 Å². The molecule has 1 saturated carbocycles. The van der Waals surface area contributed by atoms with Gasteiger partial charge in [0, 0.05) is 32.6 Å². The van der Waals surface area contributed by atoms with Crippen LogP contribution in [0.4, 0.5) is 0 Å². The highest BCUT2D eigenvalue weighted by Gasteiger charge is 2.28. The lowest BCUT2D eigenvalue weighted by Crippen LogP contribution is -2.54. The number of rotatable bonds is 4. The molecule has 108 valence electrons. The van der Waals surface area contributed by atoms with E-state index in [0.29, 0.717) is 11.8 Å². The zero-order valence-electron chi connectivity index (χ0n) is 11.6. The molecule has 1 unspecified atom stereocenters. The van der Waals surface area contributed by atoms with Gasteiger partial charge in [-0.2, -0.15) is 0 Å².